The zero-order valence-corrected chi connectivity index (χ0v) is 23.1. The summed E-state index contributed by atoms with van der Waals surface area (Å²) in [6.45, 7) is 8.49. The first-order valence-corrected chi connectivity index (χ1v) is 13.0. The number of carbonyl (C=O) groups is 2. The lowest BCUT2D eigenvalue weighted by Gasteiger charge is -2.39. The first kappa shape index (κ1) is 27.1. The summed E-state index contributed by atoms with van der Waals surface area (Å²) in [4.78, 5) is 29.1. The second-order valence-electron chi connectivity index (χ2n) is 9.88. The van der Waals surface area contributed by atoms with Gasteiger partial charge in [-0.1, -0.05) is 55.6 Å². The van der Waals surface area contributed by atoms with Crippen molar-refractivity contribution in [3.8, 4) is 11.3 Å². The predicted octanol–water partition coefficient (Wildman–Crippen LogP) is 7.25. The van der Waals surface area contributed by atoms with E-state index in [1.807, 2.05) is 37.8 Å². The molecule has 37 heavy (non-hydrogen) atoms. The molecule has 1 N–H and O–H groups in total. The fraction of sp³-hybridized carbons (Fsp3) is 0.286. The molecule has 2 heterocycles. The maximum absolute atomic E-state index is 12.5. The molecule has 3 aromatic rings. The fourth-order valence-electron chi connectivity index (χ4n) is 4.10. The Bertz CT molecular complexity index is 1320. The van der Waals surface area contributed by atoms with Gasteiger partial charge in [0.25, 0.3) is 0 Å². The number of nitrogens with zero attached hydrogens (tertiary/aromatic N) is 2. The van der Waals surface area contributed by atoms with Crippen LogP contribution in [0.1, 0.15) is 26.5 Å². The highest BCUT2D eigenvalue weighted by Gasteiger charge is 2.30. The average Bonchev–Trinajstić information content (AvgIpc) is 3.31. The lowest BCUT2D eigenvalue weighted by molar-refractivity contribution is -0.139. The number of rotatable bonds is 5. The van der Waals surface area contributed by atoms with Gasteiger partial charge in [-0.05, 0) is 54.6 Å². The topological polar surface area (TPSA) is 65.8 Å². The summed E-state index contributed by atoms with van der Waals surface area (Å²) in [5.74, 6) is 0.944. The molecule has 0 atom stereocenters. The van der Waals surface area contributed by atoms with Crippen LogP contribution in [0.2, 0.25) is 15.1 Å². The van der Waals surface area contributed by atoms with Gasteiger partial charge in [0, 0.05) is 59.0 Å². The van der Waals surface area contributed by atoms with Gasteiger partial charge in [-0.25, -0.2) is 0 Å². The zero-order chi connectivity index (χ0) is 26.7. The SMILES string of the molecule is CC(C)(C)C(=O)N1CCN(c2ccc(NC(=O)/C=C/c3ccc(-c4cc(Cl)cc(Cl)c4)o3)cc2Cl)CC1. The van der Waals surface area contributed by atoms with E-state index in [2.05, 4.69) is 10.2 Å². The molecule has 4 rings (SSSR count). The van der Waals surface area contributed by atoms with Crippen molar-refractivity contribution in [2.24, 2.45) is 5.41 Å². The minimum atomic E-state index is -0.391. The number of piperazine rings is 1. The van der Waals surface area contributed by atoms with Crippen molar-refractivity contribution in [1.29, 1.82) is 0 Å². The highest BCUT2D eigenvalue weighted by molar-refractivity contribution is 6.35. The molecule has 194 valence electrons. The number of nitrogens with one attached hydrogen (secondary N) is 1. The molecule has 0 aliphatic carbocycles. The van der Waals surface area contributed by atoms with Crippen LogP contribution in [-0.2, 0) is 9.59 Å². The lowest BCUT2D eigenvalue weighted by atomic mass is 9.94. The molecule has 9 heteroatoms. The maximum Gasteiger partial charge on any atom is 0.248 e. The smallest absolute Gasteiger partial charge is 0.248 e. The third-order valence-electron chi connectivity index (χ3n) is 5.94. The van der Waals surface area contributed by atoms with E-state index in [0.717, 1.165) is 11.3 Å². The van der Waals surface area contributed by atoms with Gasteiger partial charge in [0.15, 0.2) is 0 Å². The summed E-state index contributed by atoms with van der Waals surface area (Å²) in [6, 6.07) is 14.1. The summed E-state index contributed by atoms with van der Waals surface area (Å²) in [6.07, 6.45) is 2.97. The van der Waals surface area contributed by atoms with Crippen LogP contribution in [0.5, 0.6) is 0 Å². The molecule has 1 aliphatic rings. The Kier molecular flexibility index (Phi) is 8.22. The Balaban J connectivity index is 1.34. The van der Waals surface area contributed by atoms with E-state index >= 15 is 0 Å². The molecule has 0 bridgehead atoms. The van der Waals surface area contributed by atoms with Gasteiger partial charge < -0.3 is 19.5 Å². The van der Waals surface area contributed by atoms with Gasteiger partial charge in [0.1, 0.15) is 11.5 Å². The summed E-state index contributed by atoms with van der Waals surface area (Å²) in [5, 5.41) is 4.38. The van der Waals surface area contributed by atoms with Crippen molar-refractivity contribution >= 4 is 64.1 Å². The van der Waals surface area contributed by atoms with Gasteiger partial charge in [0.2, 0.25) is 11.8 Å². The van der Waals surface area contributed by atoms with Crippen LogP contribution < -0.4 is 10.2 Å². The molecule has 0 saturated carbocycles. The Morgan fingerprint density at radius 2 is 1.59 bits per heavy atom. The van der Waals surface area contributed by atoms with E-state index in [1.165, 1.54) is 6.08 Å². The normalized spacial score (nSPS) is 14.3. The molecule has 0 unspecified atom stereocenters. The van der Waals surface area contributed by atoms with Crippen LogP contribution in [0, 0.1) is 5.41 Å². The third kappa shape index (κ3) is 6.89. The van der Waals surface area contributed by atoms with E-state index in [1.54, 1.807) is 42.5 Å². The molecule has 2 amide bonds. The van der Waals surface area contributed by atoms with Crippen LogP contribution in [0.15, 0.2) is 59.0 Å². The number of amides is 2. The number of carbonyl (C=O) groups excluding carboxylic acids is 2. The van der Waals surface area contributed by atoms with Gasteiger partial charge in [0.05, 0.1) is 10.7 Å². The van der Waals surface area contributed by atoms with Crippen molar-refractivity contribution in [3.63, 3.8) is 0 Å². The number of hydrogen-bond acceptors (Lipinski definition) is 4. The third-order valence-corrected chi connectivity index (χ3v) is 6.68. The number of halogens is 3. The van der Waals surface area contributed by atoms with Crippen LogP contribution in [0.4, 0.5) is 11.4 Å². The molecule has 0 radical (unpaired) electrons. The molecule has 1 aromatic heterocycles. The highest BCUT2D eigenvalue weighted by Crippen LogP contribution is 2.31. The standard InChI is InChI=1S/C28H28Cl3N3O3/c1-28(2,3)27(36)34-12-10-33(11-13-34)24-7-4-21(17-23(24)31)32-26(35)9-6-22-5-8-25(37-22)18-14-19(29)16-20(30)15-18/h4-9,14-17H,10-13H2,1-3H3,(H,32,35)/b9-6+. The van der Waals surface area contributed by atoms with E-state index in [4.69, 9.17) is 39.2 Å². The van der Waals surface area contributed by atoms with E-state index in [9.17, 15) is 9.59 Å². The summed E-state index contributed by atoms with van der Waals surface area (Å²) in [7, 11) is 0. The van der Waals surface area contributed by atoms with Crippen LogP contribution in [-0.4, -0.2) is 42.9 Å². The van der Waals surface area contributed by atoms with E-state index in [-0.39, 0.29) is 11.8 Å². The van der Waals surface area contributed by atoms with Gasteiger partial charge in [-0.15, -0.1) is 0 Å². The minimum absolute atomic E-state index is 0.156. The Labute approximate surface area is 231 Å². The average molecular weight is 561 g/mol. The van der Waals surface area contributed by atoms with E-state index < -0.39 is 5.41 Å². The van der Waals surface area contributed by atoms with Crippen molar-refractivity contribution in [2.75, 3.05) is 36.4 Å². The second-order valence-corrected chi connectivity index (χ2v) is 11.2. The van der Waals surface area contributed by atoms with Gasteiger partial charge >= 0.3 is 0 Å². The number of hydrogen-bond donors (Lipinski definition) is 1. The highest BCUT2D eigenvalue weighted by atomic mass is 35.5. The molecule has 1 saturated heterocycles. The van der Waals surface area contributed by atoms with Crippen molar-refractivity contribution in [2.45, 2.75) is 20.8 Å². The summed E-state index contributed by atoms with van der Waals surface area (Å²) in [5.41, 5.74) is 1.82. The molecule has 1 fully saturated rings. The molecular weight excluding hydrogens is 533 g/mol. The Hall–Kier alpha value is -2.93. The number of furan rings is 1. The van der Waals surface area contributed by atoms with E-state index in [0.29, 0.717) is 58.5 Å². The minimum Gasteiger partial charge on any atom is -0.457 e. The van der Waals surface area contributed by atoms with Crippen LogP contribution in [0.3, 0.4) is 0 Å². The summed E-state index contributed by atoms with van der Waals surface area (Å²) >= 11 is 18.7. The molecular formula is C28H28Cl3N3O3. The monoisotopic (exact) mass is 559 g/mol. The molecule has 6 nitrogen and oxygen atoms in total. The summed E-state index contributed by atoms with van der Waals surface area (Å²) < 4.78 is 5.79. The van der Waals surface area contributed by atoms with Crippen LogP contribution >= 0.6 is 34.8 Å². The van der Waals surface area contributed by atoms with Crippen molar-refractivity contribution in [1.82, 2.24) is 4.90 Å². The molecule has 2 aromatic carbocycles. The first-order chi connectivity index (χ1) is 17.5. The van der Waals surface area contributed by atoms with Crippen molar-refractivity contribution < 1.29 is 14.0 Å². The number of anilines is 2. The quantitative estimate of drug-likeness (QED) is 0.334. The largest absolute Gasteiger partial charge is 0.457 e. The van der Waals surface area contributed by atoms with Crippen molar-refractivity contribution in [3.05, 3.63) is 75.4 Å². The first-order valence-electron chi connectivity index (χ1n) is 11.9. The van der Waals surface area contributed by atoms with Crippen LogP contribution in [0.25, 0.3) is 17.4 Å². The Morgan fingerprint density at radius 1 is 0.919 bits per heavy atom. The maximum atomic E-state index is 12.5. The zero-order valence-electron chi connectivity index (χ0n) is 20.9. The predicted molar refractivity (Wildman–Crippen MR) is 152 cm³/mol. The van der Waals surface area contributed by atoms with Gasteiger partial charge in [-0.2, -0.15) is 0 Å². The Morgan fingerprint density at radius 3 is 2.22 bits per heavy atom. The molecule has 1 aliphatic heterocycles. The second kappa shape index (κ2) is 11.2. The number of benzene rings is 2. The molecule has 0 spiro atoms. The van der Waals surface area contributed by atoms with Gasteiger partial charge in [-0.3, -0.25) is 9.59 Å². The fourth-order valence-corrected chi connectivity index (χ4v) is 4.93. The lowest BCUT2D eigenvalue weighted by Crippen LogP contribution is -2.51.